The molecule has 2 aliphatic rings. The van der Waals surface area contributed by atoms with Crippen LogP contribution in [0.3, 0.4) is 0 Å². The van der Waals surface area contributed by atoms with Gasteiger partial charge < -0.3 is 5.32 Å². The van der Waals surface area contributed by atoms with Gasteiger partial charge in [0.2, 0.25) is 0 Å². The molecule has 1 heterocycles. The van der Waals surface area contributed by atoms with E-state index in [1.807, 2.05) is 53.4 Å². The number of rotatable bonds is 1. The van der Waals surface area contributed by atoms with E-state index in [4.69, 9.17) is 11.6 Å². The predicted octanol–water partition coefficient (Wildman–Crippen LogP) is 5.07. The van der Waals surface area contributed by atoms with Crippen LogP contribution in [0.5, 0.6) is 0 Å². The van der Waals surface area contributed by atoms with Gasteiger partial charge >= 0.3 is 0 Å². The van der Waals surface area contributed by atoms with Gasteiger partial charge in [-0.1, -0.05) is 30.2 Å². The standard InChI is InChI=1S/C19H19ClN2O/c20-14-8-10-15(11-9-14)22-18(23)16-6-2-3-7-17(16)21-19(22)12-4-1-5-13-19/h2-3,6-11,21H,1,4-5,12-13H2. The minimum atomic E-state index is -0.322. The molecule has 2 aromatic carbocycles. The monoisotopic (exact) mass is 326 g/mol. The third-order valence-electron chi connectivity index (χ3n) is 4.92. The zero-order valence-corrected chi connectivity index (χ0v) is 13.6. The lowest BCUT2D eigenvalue weighted by atomic mass is 9.84. The van der Waals surface area contributed by atoms with Gasteiger partial charge in [0.05, 0.1) is 5.56 Å². The number of benzene rings is 2. The van der Waals surface area contributed by atoms with Gasteiger partial charge in [-0.3, -0.25) is 9.69 Å². The molecule has 23 heavy (non-hydrogen) atoms. The van der Waals surface area contributed by atoms with Crippen molar-refractivity contribution in [1.29, 1.82) is 0 Å². The second-order valence-electron chi connectivity index (χ2n) is 6.38. The van der Waals surface area contributed by atoms with Crippen LogP contribution < -0.4 is 10.2 Å². The van der Waals surface area contributed by atoms with Crippen LogP contribution >= 0.6 is 11.6 Å². The van der Waals surface area contributed by atoms with Crippen LogP contribution in [-0.4, -0.2) is 11.6 Å². The smallest absolute Gasteiger partial charge is 0.262 e. The van der Waals surface area contributed by atoms with Crippen molar-refractivity contribution in [3.8, 4) is 0 Å². The lowest BCUT2D eigenvalue weighted by Crippen LogP contribution is -2.61. The Kier molecular flexibility index (Phi) is 3.53. The van der Waals surface area contributed by atoms with Crippen LogP contribution in [0.2, 0.25) is 5.02 Å². The number of carbonyl (C=O) groups excluding carboxylic acids is 1. The summed E-state index contributed by atoms with van der Waals surface area (Å²) in [7, 11) is 0. The summed E-state index contributed by atoms with van der Waals surface area (Å²) in [4.78, 5) is 15.2. The van der Waals surface area contributed by atoms with Gasteiger partial charge in [-0.2, -0.15) is 0 Å². The van der Waals surface area contributed by atoms with Crippen molar-refractivity contribution in [1.82, 2.24) is 0 Å². The minimum absolute atomic E-state index is 0.0728. The maximum absolute atomic E-state index is 13.2. The van der Waals surface area contributed by atoms with Gasteiger partial charge in [-0.25, -0.2) is 0 Å². The molecule has 4 rings (SSSR count). The van der Waals surface area contributed by atoms with E-state index in [0.717, 1.165) is 42.6 Å². The van der Waals surface area contributed by atoms with E-state index in [2.05, 4.69) is 5.32 Å². The molecule has 118 valence electrons. The van der Waals surface area contributed by atoms with E-state index >= 15 is 0 Å². The fourth-order valence-electron chi connectivity index (χ4n) is 3.84. The molecule has 1 saturated carbocycles. The topological polar surface area (TPSA) is 32.3 Å². The summed E-state index contributed by atoms with van der Waals surface area (Å²) in [6.45, 7) is 0. The molecule has 0 bridgehead atoms. The summed E-state index contributed by atoms with van der Waals surface area (Å²) in [6.07, 6.45) is 5.43. The Morgan fingerprint density at radius 3 is 2.39 bits per heavy atom. The fourth-order valence-corrected chi connectivity index (χ4v) is 3.97. The molecule has 0 atom stereocenters. The first-order valence-electron chi connectivity index (χ1n) is 8.17. The van der Waals surface area contributed by atoms with Crippen LogP contribution in [0.4, 0.5) is 11.4 Å². The zero-order valence-electron chi connectivity index (χ0n) is 12.9. The van der Waals surface area contributed by atoms with Gasteiger partial charge in [0, 0.05) is 16.4 Å². The molecule has 0 saturated heterocycles. The Balaban J connectivity index is 1.85. The Hall–Kier alpha value is -2.00. The number of hydrogen-bond acceptors (Lipinski definition) is 2. The van der Waals surface area contributed by atoms with Gasteiger partial charge in [-0.15, -0.1) is 0 Å². The zero-order chi connectivity index (χ0) is 15.9. The molecular weight excluding hydrogens is 308 g/mol. The lowest BCUT2D eigenvalue weighted by Gasteiger charge is -2.50. The summed E-state index contributed by atoms with van der Waals surface area (Å²) >= 11 is 6.03. The number of amides is 1. The number of carbonyl (C=O) groups is 1. The highest BCUT2D eigenvalue weighted by atomic mass is 35.5. The molecule has 0 aromatic heterocycles. The molecule has 1 fully saturated rings. The van der Waals surface area contributed by atoms with E-state index in [0.29, 0.717) is 5.02 Å². The molecule has 1 amide bonds. The minimum Gasteiger partial charge on any atom is -0.362 e. The summed E-state index contributed by atoms with van der Waals surface area (Å²) in [6, 6.07) is 15.4. The molecule has 0 radical (unpaired) electrons. The summed E-state index contributed by atoms with van der Waals surface area (Å²) in [5.41, 5.74) is 2.27. The van der Waals surface area contributed by atoms with E-state index in [1.54, 1.807) is 0 Å². The normalized spacial score (nSPS) is 19.3. The maximum atomic E-state index is 13.2. The highest BCUT2D eigenvalue weighted by Gasteiger charge is 2.45. The molecule has 3 nitrogen and oxygen atoms in total. The van der Waals surface area contributed by atoms with Crippen LogP contribution in [0, 0.1) is 0 Å². The van der Waals surface area contributed by atoms with Crippen molar-refractivity contribution in [2.24, 2.45) is 0 Å². The molecular formula is C19H19ClN2O. The quantitative estimate of drug-likeness (QED) is 0.793. The average molecular weight is 327 g/mol. The van der Waals surface area contributed by atoms with E-state index < -0.39 is 0 Å². The molecule has 4 heteroatoms. The SMILES string of the molecule is O=C1c2ccccc2NC2(CCCCC2)N1c1ccc(Cl)cc1. The summed E-state index contributed by atoms with van der Waals surface area (Å²) in [5, 5.41) is 4.36. The summed E-state index contributed by atoms with van der Waals surface area (Å²) in [5.74, 6) is 0.0728. The van der Waals surface area contributed by atoms with Crippen molar-refractivity contribution in [2.75, 3.05) is 10.2 Å². The number of nitrogens with zero attached hydrogens (tertiary/aromatic N) is 1. The van der Waals surface area contributed by atoms with E-state index in [1.165, 1.54) is 6.42 Å². The van der Waals surface area contributed by atoms with Gasteiger partial charge in [0.25, 0.3) is 5.91 Å². The summed E-state index contributed by atoms with van der Waals surface area (Å²) < 4.78 is 0. The first-order valence-corrected chi connectivity index (χ1v) is 8.55. The van der Waals surface area contributed by atoms with Crippen molar-refractivity contribution < 1.29 is 4.79 Å². The maximum Gasteiger partial charge on any atom is 0.262 e. The third kappa shape index (κ3) is 2.40. The second kappa shape index (κ2) is 5.57. The third-order valence-corrected chi connectivity index (χ3v) is 5.17. The molecule has 0 unspecified atom stereocenters. The number of anilines is 2. The van der Waals surface area contributed by atoms with Crippen LogP contribution in [0.1, 0.15) is 42.5 Å². The number of fused-ring (bicyclic) bond motifs is 1. The molecule has 2 aromatic rings. The van der Waals surface area contributed by atoms with E-state index in [9.17, 15) is 4.79 Å². The Morgan fingerprint density at radius 2 is 1.65 bits per heavy atom. The van der Waals surface area contributed by atoms with Crippen molar-refractivity contribution in [3.05, 3.63) is 59.1 Å². The van der Waals surface area contributed by atoms with Crippen molar-refractivity contribution >= 4 is 28.9 Å². The van der Waals surface area contributed by atoms with Crippen molar-refractivity contribution in [2.45, 2.75) is 37.8 Å². The number of para-hydroxylation sites is 1. The number of hydrogen-bond donors (Lipinski definition) is 1. The largest absolute Gasteiger partial charge is 0.362 e. The number of nitrogens with one attached hydrogen (secondary N) is 1. The second-order valence-corrected chi connectivity index (χ2v) is 6.82. The highest BCUT2D eigenvalue weighted by Crippen LogP contribution is 2.42. The fraction of sp³-hybridized carbons (Fsp3) is 0.316. The first kappa shape index (κ1) is 14.6. The van der Waals surface area contributed by atoms with Crippen LogP contribution in [0.15, 0.2) is 48.5 Å². The van der Waals surface area contributed by atoms with Gasteiger partial charge in [0.15, 0.2) is 0 Å². The Bertz CT molecular complexity index is 735. The lowest BCUT2D eigenvalue weighted by molar-refractivity contribution is 0.0938. The first-order chi connectivity index (χ1) is 11.2. The number of halogens is 1. The molecule has 1 N–H and O–H groups in total. The Labute approximate surface area is 141 Å². The van der Waals surface area contributed by atoms with Crippen molar-refractivity contribution in [3.63, 3.8) is 0 Å². The average Bonchev–Trinajstić information content (AvgIpc) is 2.57. The predicted molar refractivity (Wildman–Crippen MR) is 94.1 cm³/mol. The molecule has 1 aliphatic heterocycles. The van der Waals surface area contributed by atoms with Crippen LogP contribution in [-0.2, 0) is 0 Å². The van der Waals surface area contributed by atoms with E-state index in [-0.39, 0.29) is 11.6 Å². The highest BCUT2D eigenvalue weighted by molar-refractivity contribution is 6.30. The molecule has 1 spiro atoms. The van der Waals surface area contributed by atoms with Crippen LogP contribution in [0.25, 0.3) is 0 Å². The van der Waals surface area contributed by atoms with Gasteiger partial charge in [-0.05, 0) is 62.1 Å². The Morgan fingerprint density at radius 1 is 0.957 bits per heavy atom. The molecule has 1 aliphatic carbocycles. The van der Waals surface area contributed by atoms with Gasteiger partial charge in [0.1, 0.15) is 5.66 Å².